The zero-order chi connectivity index (χ0) is 17.2. The number of aryl methyl sites for hydroxylation is 1. The van der Waals surface area contributed by atoms with Gasteiger partial charge in [0.2, 0.25) is 0 Å². The zero-order valence-corrected chi connectivity index (χ0v) is 14.6. The fraction of sp³-hybridized carbons (Fsp3) is 0.471. The van der Waals surface area contributed by atoms with E-state index in [2.05, 4.69) is 11.0 Å². The third kappa shape index (κ3) is 3.93. The Labute approximate surface area is 139 Å². The number of hydrogen-bond acceptors (Lipinski definition) is 3. The second-order valence-corrected chi connectivity index (χ2v) is 8.60. The standard InChI is InChI=1S/C17H22N2O3S/c1-5-6-13-8-7-12-9-10-14(19(20)21)11-15(12)16(13)18-23(22)17(2,3)4/h5,9-11,13H,1,6-8H2,2-4H3/b18-16+/t13-,23?/m1/s1. The van der Waals surface area contributed by atoms with Crippen LogP contribution in [0.2, 0.25) is 0 Å². The van der Waals surface area contributed by atoms with Crippen LogP contribution in [-0.4, -0.2) is 19.6 Å². The second kappa shape index (κ2) is 6.74. The van der Waals surface area contributed by atoms with Crippen molar-refractivity contribution in [3.63, 3.8) is 0 Å². The van der Waals surface area contributed by atoms with Crippen molar-refractivity contribution in [2.45, 2.75) is 44.8 Å². The molecule has 0 bridgehead atoms. The summed E-state index contributed by atoms with van der Waals surface area (Å²) in [5.41, 5.74) is 2.54. The first kappa shape index (κ1) is 17.5. The fourth-order valence-corrected chi connectivity index (χ4v) is 3.30. The minimum absolute atomic E-state index is 0.0391. The van der Waals surface area contributed by atoms with Crippen LogP contribution in [0.25, 0.3) is 0 Å². The number of nitrogens with zero attached hydrogens (tertiary/aromatic N) is 2. The van der Waals surface area contributed by atoms with Crippen molar-refractivity contribution in [2.24, 2.45) is 10.3 Å². The molecule has 5 nitrogen and oxygen atoms in total. The lowest BCUT2D eigenvalue weighted by molar-refractivity contribution is -0.384. The van der Waals surface area contributed by atoms with Gasteiger partial charge in [-0.1, -0.05) is 12.1 Å². The summed E-state index contributed by atoms with van der Waals surface area (Å²) in [7, 11) is -1.40. The van der Waals surface area contributed by atoms with E-state index < -0.39 is 20.7 Å². The molecule has 0 aromatic heterocycles. The molecule has 6 heteroatoms. The first-order valence-corrected chi connectivity index (χ1v) is 8.74. The highest BCUT2D eigenvalue weighted by Gasteiger charge is 2.29. The van der Waals surface area contributed by atoms with E-state index in [0.717, 1.165) is 30.4 Å². The number of hydrogen-bond donors (Lipinski definition) is 0. The first-order valence-electron chi connectivity index (χ1n) is 7.63. The van der Waals surface area contributed by atoms with Crippen LogP contribution in [0.15, 0.2) is 35.3 Å². The number of fused-ring (bicyclic) bond motifs is 1. The topological polar surface area (TPSA) is 72.6 Å². The SMILES string of the molecule is C=CC[C@@H]1CCc2ccc([N+](=O)[O-])cc2/C1=N/S(=O)C(C)(C)C. The van der Waals surface area contributed by atoms with E-state index >= 15 is 0 Å². The van der Waals surface area contributed by atoms with Crippen LogP contribution in [0.3, 0.4) is 0 Å². The smallest absolute Gasteiger partial charge is 0.258 e. The molecule has 0 fully saturated rings. The number of nitro benzene ring substituents is 1. The molecule has 0 spiro atoms. The van der Waals surface area contributed by atoms with Crippen LogP contribution in [0.4, 0.5) is 5.69 Å². The third-order valence-electron chi connectivity index (χ3n) is 3.89. The first-order chi connectivity index (χ1) is 10.7. The molecule has 2 atom stereocenters. The van der Waals surface area contributed by atoms with Gasteiger partial charge in [-0.2, -0.15) is 4.40 Å². The summed E-state index contributed by atoms with van der Waals surface area (Å²) in [6.07, 6.45) is 4.27. The number of nitro groups is 1. The van der Waals surface area contributed by atoms with E-state index in [4.69, 9.17) is 0 Å². The zero-order valence-electron chi connectivity index (χ0n) is 13.7. The highest BCUT2D eigenvalue weighted by Crippen LogP contribution is 2.32. The minimum Gasteiger partial charge on any atom is -0.258 e. The molecule has 0 saturated carbocycles. The Kier molecular flexibility index (Phi) is 5.14. The van der Waals surface area contributed by atoms with Gasteiger partial charge in [0.1, 0.15) is 11.0 Å². The van der Waals surface area contributed by atoms with Crippen LogP contribution in [0, 0.1) is 16.0 Å². The van der Waals surface area contributed by atoms with Gasteiger partial charge in [-0.25, -0.2) is 4.21 Å². The largest absolute Gasteiger partial charge is 0.270 e. The van der Waals surface area contributed by atoms with Gasteiger partial charge in [0.05, 0.1) is 15.4 Å². The van der Waals surface area contributed by atoms with E-state index in [1.54, 1.807) is 12.1 Å². The summed E-state index contributed by atoms with van der Waals surface area (Å²) < 4.78 is 16.5. The van der Waals surface area contributed by atoms with Crippen molar-refractivity contribution in [1.29, 1.82) is 0 Å². The van der Waals surface area contributed by atoms with Gasteiger partial charge in [0, 0.05) is 23.6 Å². The molecule has 0 N–H and O–H groups in total. The molecule has 0 heterocycles. The van der Waals surface area contributed by atoms with Gasteiger partial charge in [-0.15, -0.1) is 6.58 Å². The van der Waals surface area contributed by atoms with E-state index in [1.165, 1.54) is 6.07 Å². The van der Waals surface area contributed by atoms with Crippen molar-refractivity contribution < 1.29 is 9.13 Å². The van der Waals surface area contributed by atoms with E-state index in [1.807, 2.05) is 26.8 Å². The van der Waals surface area contributed by atoms with Crippen molar-refractivity contribution in [3.05, 3.63) is 52.1 Å². The Morgan fingerprint density at radius 3 is 2.74 bits per heavy atom. The molecule has 1 aromatic rings. The monoisotopic (exact) mass is 334 g/mol. The predicted molar refractivity (Wildman–Crippen MR) is 94.2 cm³/mol. The Morgan fingerprint density at radius 2 is 2.17 bits per heavy atom. The van der Waals surface area contributed by atoms with Crippen LogP contribution < -0.4 is 0 Å². The number of rotatable bonds is 4. The Morgan fingerprint density at radius 1 is 1.48 bits per heavy atom. The molecule has 124 valence electrons. The van der Waals surface area contributed by atoms with E-state index in [9.17, 15) is 14.3 Å². The van der Waals surface area contributed by atoms with Crippen LogP contribution in [0.5, 0.6) is 0 Å². The van der Waals surface area contributed by atoms with E-state index in [0.29, 0.717) is 5.71 Å². The third-order valence-corrected chi connectivity index (χ3v) is 5.30. The summed E-state index contributed by atoms with van der Waals surface area (Å²) in [5.74, 6) is 0.105. The van der Waals surface area contributed by atoms with Gasteiger partial charge in [-0.3, -0.25) is 10.1 Å². The van der Waals surface area contributed by atoms with Crippen molar-refractivity contribution in [2.75, 3.05) is 0 Å². The maximum absolute atomic E-state index is 12.5. The molecule has 0 aliphatic heterocycles. The molecule has 1 aliphatic carbocycles. The molecule has 0 amide bonds. The van der Waals surface area contributed by atoms with Gasteiger partial charge in [-0.05, 0) is 45.6 Å². The summed E-state index contributed by atoms with van der Waals surface area (Å²) in [5, 5.41) is 11.1. The molecule has 23 heavy (non-hydrogen) atoms. The van der Waals surface area contributed by atoms with E-state index in [-0.39, 0.29) is 11.6 Å². The van der Waals surface area contributed by atoms with Crippen LogP contribution in [0.1, 0.15) is 44.7 Å². The molecule has 0 saturated heterocycles. The highest BCUT2D eigenvalue weighted by molar-refractivity contribution is 7.85. The van der Waals surface area contributed by atoms with Crippen molar-refractivity contribution in [3.8, 4) is 0 Å². The quantitative estimate of drug-likeness (QED) is 0.475. The Hall–Kier alpha value is -1.82. The molecule has 0 radical (unpaired) electrons. The molecule has 1 aliphatic rings. The lowest BCUT2D eigenvalue weighted by Gasteiger charge is -2.26. The van der Waals surface area contributed by atoms with Gasteiger partial charge >= 0.3 is 0 Å². The summed E-state index contributed by atoms with van der Waals surface area (Å²) in [6, 6.07) is 4.86. The second-order valence-electron chi connectivity index (χ2n) is 6.70. The normalized spacial score (nSPS) is 20.8. The molecular weight excluding hydrogens is 312 g/mol. The number of non-ortho nitro benzene ring substituents is 1. The minimum atomic E-state index is -1.40. The maximum atomic E-state index is 12.5. The van der Waals surface area contributed by atoms with Crippen molar-refractivity contribution >= 4 is 22.4 Å². The van der Waals surface area contributed by atoms with Crippen molar-refractivity contribution in [1.82, 2.24) is 0 Å². The predicted octanol–water partition coefficient (Wildman–Crippen LogP) is 3.98. The summed E-state index contributed by atoms with van der Waals surface area (Å²) >= 11 is 0. The highest BCUT2D eigenvalue weighted by atomic mass is 32.2. The van der Waals surface area contributed by atoms with Gasteiger partial charge in [0.25, 0.3) is 5.69 Å². The Bertz CT molecular complexity index is 690. The summed E-state index contributed by atoms with van der Waals surface area (Å²) in [6.45, 7) is 9.38. The average molecular weight is 334 g/mol. The number of allylic oxidation sites excluding steroid dienone is 1. The summed E-state index contributed by atoms with van der Waals surface area (Å²) in [4.78, 5) is 10.7. The lowest BCUT2D eigenvalue weighted by Crippen LogP contribution is -2.27. The van der Waals surface area contributed by atoms with Crippen LogP contribution >= 0.6 is 0 Å². The fourth-order valence-electron chi connectivity index (χ4n) is 2.60. The molecule has 1 aromatic carbocycles. The van der Waals surface area contributed by atoms with Gasteiger partial charge in [0.15, 0.2) is 0 Å². The molecular formula is C17H22N2O3S. The molecule has 2 rings (SSSR count). The average Bonchev–Trinajstić information content (AvgIpc) is 2.48. The maximum Gasteiger partial charge on any atom is 0.270 e. The van der Waals surface area contributed by atoms with Gasteiger partial charge < -0.3 is 0 Å². The lowest BCUT2D eigenvalue weighted by atomic mass is 9.80. The number of benzene rings is 1. The molecule has 1 unspecified atom stereocenters. The Balaban J connectivity index is 2.57. The van der Waals surface area contributed by atoms with Crippen LogP contribution in [-0.2, 0) is 17.4 Å².